The largest absolute Gasteiger partial charge is 0.397 e. The van der Waals surface area contributed by atoms with Gasteiger partial charge >= 0.3 is 0 Å². The van der Waals surface area contributed by atoms with Crippen LogP contribution in [0.5, 0.6) is 0 Å². The van der Waals surface area contributed by atoms with Crippen LogP contribution < -0.4 is 11.1 Å². The number of nitrogens with two attached hydrogens (primary N) is 1. The van der Waals surface area contributed by atoms with Crippen molar-refractivity contribution >= 4 is 11.4 Å². The maximum atomic E-state index is 5.99. The van der Waals surface area contributed by atoms with E-state index in [0.717, 1.165) is 47.5 Å². The van der Waals surface area contributed by atoms with Gasteiger partial charge in [0.05, 0.1) is 11.4 Å². The van der Waals surface area contributed by atoms with Crippen LogP contribution in [0.15, 0.2) is 24.3 Å². The number of hydrogen-bond donors (Lipinski definition) is 2. The van der Waals surface area contributed by atoms with E-state index in [2.05, 4.69) is 17.4 Å². The smallest absolute Gasteiger partial charge is 0.0573 e. The van der Waals surface area contributed by atoms with Crippen molar-refractivity contribution < 1.29 is 0 Å². The van der Waals surface area contributed by atoms with E-state index in [-0.39, 0.29) is 0 Å². The van der Waals surface area contributed by atoms with Crippen molar-refractivity contribution in [2.45, 2.75) is 38.5 Å². The van der Waals surface area contributed by atoms with Crippen molar-refractivity contribution in [3.05, 3.63) is 24.3 Å². The molecule has 20 heavy (non-hydrogen) atoms. The molecule has 1 aromatic carbocycles. The molecule has 0 amide bonds. The number of anilines is 2. The van der Waals surface area contributed by atoms with Crippen molar-refractivity contribution in [1.29, 1.82) is 0 Å². The minimum atomic E-state index is 0.873. The summed E-state index contributed by atoms with van der Waals surface area (Å²) in [5, 5.41) is 3.55. The summed E-state index contributed by atoms with van der Waals surface area (Å²) < 4.78 is 0. The quantitative estimate of drug-likeness (QED) is 0.807. The molecule has 4 saturated carbocycles. The molecule has 4 aliphatic rings. The second kappa shape index (κ2) is 4.98. The molecular weight excluding hydrogens is 244 g/mol. The van der Waals surface area contributed by atoms with E-state index in [0.29, 0.717) is 0 Å². The van der Waals surface area contributed by atoms with E-state index in [1.165, 1.54) is 32.1 Å². The average Bonchev–Trinajstić information content (AvgIpc) is 2.43. The van der Waals surface area contributed by atoms with Gasteiger partial charge in [-0.1, -0.05) is 12.1 Å². The lowest BCUT2D eigenvalue weighted by atomic mass is 9.51. The lowest BCUT2D eigenvalue weighted by Gasteiger charge is -2.54. The molecule has 0 spiro atoms. The molecule has 0 heterocycles. The standard InChI is InChI=1S/C18H26N2/c19-17-3-1-2-4-18(17)20-6-5-16-14-8-12-7-13(10-14)11-15(16)9-12/h1-4,12-16,20H,5-11,19H2. The Hall–Kier alpha value is -1.18. The minimum Gasteiger partial charge on any atom is -0.397 e. The Kier molecular flexibility index (Phi) is 3.13. The molecule has 2 heteroatoms. The molecule has 1 aromatic rings. The molecule has 0 unspecified atom stereocenters. The highest BCUT2D eigenvalue weighted by Crippen LogP contribution is 2.57. The number of rotatable bonds is 4. The Labute approximate surface area is 122 Å². The Morgan fingerprint density at radius 1 is 0.950 bits per heavy atom. The van der Waals surface area contributed by atoms with Gasteiger partial charge in [-0.2, -0.15) is 0 Å². The van der Waals surface area contributed by atoms with Crippen molar-refractivity contribution in [1.82, 2.24) is 0 Å². The van der Waals surface area contributed by atoms with E-state index in [4.69, 9.17) is 5.73 Å². The van der Waals surface area contributed by atoms with E-state index in [1.807, 2.05) is 12.1 Å². The highest BCUT2D eigenvalue weighted by molar-refractivity contribution is 5.65. The molecular formula is C18H26N2. The maximum absolute atomic E-state index is 5.99. The number of nitrogens with one attached hydrogen (secondary N) is 1. The van der Waals surface area contributed by atoms with Crippen molar-refractivity contribution in [2.24, 2.45) is 29.6 Å². The first-order valence-corrected chi connectivity index (χ1v) is 8.38. The molecule has 3 N–H and O–H groups in total. The number of para-hydroxylation sites is 2. The molecule has 4 aliphatic carbocycles. The van der Waals surface area contributed by atoms with E-state index in [9.17, 15) is 0 Å². The van der Waals surface area contributed by atoms with Gasteiger partial charge in [-0.3, -0.25) is 0 Å². The third-order valence-electron chi connectivity index (χ3n) is 6.18. The SMILES string of the molecule is Nc1ccccc1NCCC1C2CC3CC(C2)CC1C3. The first-order valence-electron chi connectivity index (χ1n) is 8.38. The highest BCUT2D eigenvalue weighted by atomic mass is 14.9. The summed E-state index contributed by atoms with van der Waals surface area (Å²) in [6.07, 6.45) is 9.02. The van der Waals surface area contributed by atoms with Crippen LogP contribution in [0.1, 0.15) is 38.5 Å². The lowest BCUT2D eigenvalue weighted by molar-refractivity contribution is -0.0381. The minimum absolute atomic E-state index is 0.873. The molecule has 5 rings (SSSR count). The van der Waals surface area contributed by atoms with Gasteiger partial charge < -0.3 is 11.1 Å². The summed E-state index contributed by atoms with van der Waals surface area (Å²) in [5.74, 6) is 5.25. The average molecular weight is 270 g/mol. The van der Waals surface area contributed by atoms with Crippen LogP contribution in [0, 0.1) is 29.6 Å². The first-order chi connectivity index (χ1) is 9.79. The summed E-state index contributed by atoms with van der Waals surface area (Å²) in [6.45, 7) is 1.08. The molecule has 0 atom stereocenters. The van der Waals surface area contributed by atoms with E-state index in [1.54, 1.807) is 6.42 Å². The molecule has 0 saturated heterocycles. The van der Waals surface area contributed by atoms with E-state index >= 15 is 0 Å². The molecule has 0 aromatic heterocycles. The zero-order chi connectivity index (χ0) is 13.5. The topological polar surface area (TPSA) is 38.0 Å². The number of hydrogen-bond acceptors (Lipinski definition) is 2. The molecule has 108 valence electrons. The zero-order valence-corrected chi connectivity index (χ0v) is 12.2. The van der Waals surface area contributed by atoms with Gasteiger partial charge in [0, 0.05) is 6.54 Å². The van der Waals surface area contributed by atoms with Crippen LogP contribution >= 0.6 is 0 Å². The number of benzene rings is 1. The van der Waals surface area contributed by atoms with Crippen molar-refractivity contribution in [3.63, 3.8) is 0 Å². The van der Waals surface area contributed by atoms with Crippen LogP contribution in [-0.4, -0.2) is 6.54 Å². The Bertz CT molecular complexity index is 454. The third-order valence-corrected chi connectivity index (χ3v) is 6.18. The Morgan fingerprint density at radius 3 is 2.25 bits per heavy atom. The van der Waals surface area contributed by atoms with Gasteiger partial charge in [0.1, 0.15) is 0 Å². The molecule has 2 nitrogen and oxygen atoms in total. The van der Waals surface area contributed by atoms with Crippen molar-refractivity contribution in [3.8, 4) is 0 Å². The highest BCUT2D eigenvalue weighted by Gasteiger charge is 2.47. The Morgan fingerprint density at radius 2 is 1.60 bits per heavy atom. The Balaban J connectivity index is 1.35. The molecule has 0 radical (unpaired) electrons. The normalized spacial score (nSPS) is 38.1. The second-order valence-electron chi connectivity index (χ2n) is 7.40. The molecule has 0 aliphatic heterocycles. The van der Waals surface area contributed by atoms with Gasteiger partial charge in [-0.15, -0.1) is 0 Å². The van der Waals surface area contributed by atoms with Crippen LogP contribution in [0.25, 0.3) is 0 Å². The summed E-state index contributed by atoms with van der Waals surface area (Å²) in [4.78, 5) is 0. The van der Waals surface area contributed by atoms with Crippen LogP contribution in [-0.2, 0) is 0 Å². The van der Waals surface area contributed by atoms with Gasteiger partial charge in [0.25, 0.3) is 0 Å². The molecule has 4 fully saturated rings. The zero-order valence-electron chi connectivity index (χ0n) is 12.2. The van der Waals surface area contributed by atoms with Gasteiger partial charge in [0.2, 0.25) is 0 Å². The fraction of sp³-hybridized carbons (Fsp3) is 0.667. The van der Waals surface area contributed by atoms with Gasteiger partial charge in [-0.25, -0.2) is 0 Å². The van der Waals surface area contributed by atoms with Crippen molar-refractivity contribution in [2.75, 3.05) is 17.6 Å². The van der Waals surface area contributed by atoms with Gasteiger partial charge in [0.15, 0.2) is 0 Å². The predicted octanol–water partition coefficient (Wildman–Crippen LogP) is 4.14. The lowest BCUT2D eigenvalue weighted by Crippen LogP contribution is -2.45. The predicted molar refractivity (Wildman–Crippen MR) is 84.5 cm³/mol. The summed E-state index contributed by atoms with van der Waals surface area (Å²) in [6, 6.07) is 8.12. The van der Waals surface area contributed by atoms with Crippen LogP contribution in [0.3, 0.4) is 0 Å². The summed E-state index contributed by atoms with van der Waals surface area (Å²) >= 11 is 0. The number of nitrogen functional groups attached to an aromatic ring is 1. The fourth-order valence-electron chi connectivity index (χ4n) is 5.54. The van der Waals surface area contributed by atoms with Gasteiger partial charge in [-0.05, 0) is 80.2 Å². The second-order valence-corrected chi connectivity index (χ2v) is 7.40. The molecule has 4 bridgehead atoms. The fourth-order valence-corrected chi connectivity index (χ4v) is 5.54. The summed E-state index contributed by atoms with van der Waals surface area (Å²) in [7, 11) is 0. The van der Waals surface area contributed by atoms with Crippen LogP contribution in [0.2, 0.25) is 0 Å². The van der Waals surface area contributed by atoms with E-state index < -0.39 is 0 Å². The maximum Gasteiger partial charge on any atom is 0.0573 e. The summed E-state index contributed by atoms with van der Waals surface area (Å²) in [5.41, 5.74) is 7.97. The monoisotopic (exact) mass is 270 g/mol. The first kappa shape index (κ1) is 12.6. The third kappa shape index (κ3) is 2.19. The van der Waals surface area contributed by atoms with Crippen LogP contribution in [0.4, 0.5) is 11.4 Å².